The summed E-state index contributed by atoms with van der Waals surface area (Å²) in [6, 6.07) is 112. The van der Waals surface area contributed by atoms with Crippen molar-refractivity contribution in [1.29, 1.82) is 0 Å². The van der Waals surface area contributed by atoms with Crippen LogP contribution in [0.4, 0.5) is 51.2 Å². The number of benzene rings is 13. The van der Waals surface area contributed by atoms with Crippen molar-refractivity contribution in [2.75, 3.05) is 14.7 Å². The van der Waals surface area contributed by atoms with E-state index in [1.54, 1.807) is 0 Å². The first-order chi connectivity index (χ1) is 51.2. The second-order valence-electron chi connectivity index (χ2n) is 35.0. The van der Waals surface area contributed by atoms with Crippen LogP contribution in [0.25, 0.3) is 33.4 Å². The highest BCUT2D eigenvalue weighted by Gasteiger charge is 2.24. The van der Waals surface area contributed by atoms with Crippen LogP contribution in [0.3, 0.4) is 0 Å². The molecule has 0 heterocycles. The fourth-order valence-electron chi connectivity index (χ4n) is 13.7. The van der Waals surface area contributed by atoms with E-state index in [4.69, 9.17) is 14.2 Å². The first-order valence-electron chi connectivity index (χ1n) is 38.1. The Kier molecular flexibility index (Phi) is 20.9. The Bertz CT molecular complexity index is 4670. The Balaban J connectivity index is 0.899. The standard InChI is InChI=1S/C102H105N3O3/c1-97(2,3)76-34-52-85(53-35-76)103(88-22-19-25-94(67-88)106-91-58-40-79(41-59-91)100(10,11)12)82-46-28-70(29-47-82)73-64-74(71-30-48-83(49-31-71)104(86-54-36-77(37-55-86)98(4,5)6)89-23-20-26-95(68-89)107-92-60-42-80(43-61-92)101(13,14)15)66-75(65-73)72-32-50-84(51-33-72)105(87-56-38-78(39-57-87)99(7,8)9)90-24-21-27-96(69-90)108-93-62-44-81(45-63-93)102(16,17)18/h19-69H,1-18H3. The predicted octanol–water partition coefficient (Wildman–Crippen LogP) is 30.3. The zero-order valence-corrected chi connectivity index (χ0v) is 66.5. The van der Waals surface area contributed by atoms with Gasteiger partial charge in [0.1, 0.15) is 34.5 Å². The molecule has 546 valence electrons. The fraction of sp³-hybridized carbons (Fsp3) is 0.235. The van der Waals surface area contributed by atoms with Crippen LogP contribution in [0.15, 0.2) is 309 Å². The van der Waals surface area contributed by atoms with Gasteiger partial charge in [-0.2, -0.15) is 0 Å². The molecule has 0 aliphatic heterocycles. The van der Waals surface area contributed by atoms with Gasteiger partial charge < -0.3 is 28.9 Å². The number of nitrogens with zero attached hydrogens (tertiary/aromatic N) is 3. The zero-order chi connectivity index (χ0) is 76.5. The fourth-order valence-corrected chi connectivity index (χ4v) is 13.7. The third kappa shape index (κ3) is 17.7. The minimum absolute atomic E-state index is 0.0108. The van der Waals surface area contributed by atoms with Crippen molar-refractivity contribution in [1.82, 2.24) is 0 Å². The van der Waals surface area contributed by atoms with Crippen LogP contribution in [0, 0.1) is 0 Å². The summed E-state index contributed by atoms with van der Waals surface area (Å²) in [5.41, 5.74) is 23.3. The van der Waals surface area contributed by atoms with Gasteiger partial charge >= 0.3 is 0 Å². The molecule has 0 aromatic heterocycles. The van der Waals surface area contributed by atoms with Gasteiger partial charge in [-0.25, -0.2) is 0 Å². The van der Waals surface area contributed by atoms with Crippen LogP contribution in [-0.4, -0.2) is 0 Å². The summed E-state index contributed by atoms with van der Waals surface area (Å²) in [7, 11) is 0. The molecule has 13 aromatic carbocycles. The number of anilines is 9. The Hall–Kier alpha value is -11.3. The minimum atomic E-state index is -0.0108. The topological polar surface area (TPSA) is 37.4 Å². The summed E-state index contributed by atoms with van der Waals surface area (Å²) in [5, 5.41) is 0. The Morgan fingerprint density at radius 2 is 0.333 bits per heavy atom. The molecule has 6 heteroatoms. The summed E-state index contributed by atoms with van der Waals surface area (Å²) in [4.78, 5) is 6.97. The molecule has 0 radical (unpaired) electrons. The van der Waals surface area contributed by atoms with E-state index in [0.717, 1.165) is 119 Å². The zero-order valence-electron chi connectivity index (χ0n) is 66.5. The molecule has 0 spiro atoms. The SMILES string of the molecule is CC(C)(C)c1ccc(Oc2cccc(N(c3ccc(-c4cc(-c5ccc(N(c6ccc(C(C)(C)C)cc6)c6cccc(Oc7ccc(C(C)(C)C)cc7)c6)cc5)cc(-c5ccc(N(c6ccc(C(C)(C)C)cc6)c6cccc(Oc7ccc(C(C)(C)C)cc7)c6)cc5)c4)cc3)c3ccc(C(C)(C)C)cc3)c2)cc1. The van der Waals surface area contributed by atoms with E-state index < -0.39 is 0 Å². The van der Waals surface area contributed by atoms with E-state index >= 15 is 0 Å². The monoisotopic (exact) mass is 1420 g/mol. The number of ether oxygens (including phenoxy) is 3. The molecule has 0 aliphatic carbocycles. The molecule has 0 N–H and O–H groups in total. The highest BCUT2D eigenvalue weighted by Crippen LogP contribution is 2.45. The first kappa shape index (κ1) is 74.9. The van der Waals surface area contributed by atoms with Gasteiger partial charge in [-0.15, -0.1) is 0 Å². The van der Waals surface area contributed by atoms with Crippen molar-refractivity contribution in [3.05, 3.63) is 343 Å². The summed E-state index contributed by atoms with van der Waals surface area (Å²) in [6.07, 6.45) is 0. The van der Waals surface area contributed by atoms with Crippen molar-refractivity contribution in [2.45, 2.75) is 157 Å². The molecule has 0 unspecified atom stereocenters. The molecule has 13 aromatic rings. The Labute approximate surface area is 643 Å². The maximum Gasteiger partial charge on any atom is 0.129 e. The van der Waals surface area contributed by atoms with Crippen LogP contribution < -0.4 is 28.9 Å². The molecule has 6 nitrogen and oxygen atoms in total. The van der Waals surface area contributed by atoms with Gasteiger partial charge in [-0.1, -0.05) is 252 Å². The molecule has 108 heavy (non-hydrogen) atoms. The molecule has 0 saturated carbocycles. The van der Waals surface area contributed by atoms with E-state index in [1.807, 2.05) is 18.2 Å². The van der Waals surface area contributed by atoms with Crippen molar-refractivity contribution in [2.24, 2.45) is 0 Å². The smallest absolute Gasteiger partial charge is 0.129 e. The summed E-state index contributed by atoms with van der Waals surface area (Å²) >= 11 is 0. The summed E-state index contributed by atoms with van der Waals surface area (Å²) in [6.45, 7) is 40.5. The summed E-state index contributed by atoms with van der Waals surface area (Å²) in [5.74, 6) is 4.66. The Morgan fingerprint density at radius 1 is 0.157 bits per heavy atom. The van der Waals surface area contributed by atoms with Gasteiger partial charge in [0.15, 0.2) is 0 Å². The van der Waals surface area contributed by atoms with Gasteiger partial charge in [0.05, 0.1) is 0 Å². The van der Waals surface area contributed by atoms with E-state index in [-0.39, 0.29) is 32.5 Å². The summed E-state index contributed by atoms with van der Waals surface area (Å²) < 4.78 is 19.8. The van der Waals surface area contributed by atoms with Crippen LogP contribution >= 0.6 is 0 Å². The molecule has 13 rings (SSSR count). The lowest BCUT2D eigenvalue weighted by molar-refractivity contribution is 0.481. The largest absolute Gasteiger partial charge is 0.457 e. The average Bonchev–Trinajstić information content (AvgIpc) is 0.785. The number of hydrogen-bond acceptors (Lipinski definition) is 6. The maximum absolute atomic E-state index is 6.61. The lowest BCUT2D eigenvalue weighted by Crippen LogP contribution is -2.13. The van der Waals surface area contributed by atoms with E-state index in [9.17, 15) is 0 Å². The van der Waals surface area contributed by atoms with Crippen LogP contribution in [0.5, 0.6) is 34.5 Å². The predicted molar refractivity (Wildman–Crippen MR) is 459 cm³/mol. The van der Waals surface area contributed by atoms with Gasteiger partial charge in [-0.3, -0.25) is 0 Å². The molecule has 0 fully saturated rings. The second kappa shape index (κ2) is 30.1. The molecule has 0 bridgehead atoms. The lowest BCUT2D eigenvalue weighted by atomic mass is 9.87. The van der Waals surface area contributed by atoms with E-state index in [0.29, 0.717) is 0 Å². The molecule has 0 saturated heterocycles. The maximum atomic E-state index is 6.61. The average molecular weight is 1420 g/mol. The lowest BCUT2D eigenvalue weighted by Gasteiger charge is -2.28. The van der Waals surface area contributed by atoms with E-state index in [2.05, 4.69) is 431 Å². The van der Waals surface area contributed by atoms with Crippen molar-refractivity contribution in [3.63, 3.8) is 0 Å². The Morgan fingerprint density at radius 3 is 0.519 bits per heavy atom. The minimum Gasteiger partial charge on any atom is -0.457 e. The van der Waals surface area contributed by atoms with Gasteiger partial charge in [-0.05, 0) is 263 Å². The van der Waals surface area contributed by atoms with Gasteiger partial charge in [0, 0.05) is 69.4 Å². The molecular formula is C102H105N3O3. The highest BCUT2D eigenvalue weighted by molar-refractivity contribution is 5.87. The number of hydrogen-bond donors (Lipinski definition) is 0. The number of rotatable bonds is 18. The highest BCUT2D eigenvalue weighted by atomic mass is 16.5. The molecule has 0 atom stereocenters. The molecule has 0 aliphatic rings. The molecular weight excluding hydrogens is 1320 g/mol. The van der Waals surface area contributed by atoms with Crippen molar-refractivity contribution < 1.29 is 14.2 Å². The van der Waals surface area contributed by atoms with Crippen LogP contribution in [0.2, 0.25) is 0 Å². The van der Waals surface area contributed by atoms with Crippen molar-refractivity contribution >= 4 is 51.2 Å². The third-order valence-corrected chi connectivity index (χ3v) is 20.4. The molecule has 0 amide bonds. The quantitative estimate of drug-likeness (QED) is 0.0852. The van der Waals surface area contributed by atoms with Crippen LogP contribution in [-0.2, 0) is 32.5 Å². The third-order valence-electron chi connectivity index (χ3n) is 20.4. The first-order valence-corrected chi connectivity index (χ1v) is 38.1. The van der Waals surface area contributed by atoms with E-state index in [1.165, 1.54) is 33.4 Å². The second-order valence-corrected chi connectivity index (χ2v) is 35.0. The van der Waals surface area contributed by atoms with Gasteiger partial charge in [0.25, 0.3) is 0 Å². The van der Waals surface area contributed by atoms with Gasteiger partial charge in [0.2, 0.25) is 0 Å². The normalized spacial score (nSPS) is 12.2. The van der Waals surface area contributed by atoms with Crippen molar-refractivity contribution in [3.8, 4) is 67.9 Å². The van der Waals surface area contributed by atoms with Crippen LogP contribution in [0.1, 0.15) is 158 Å².